The zero-order chi connectivity index (χ0) is 12.5. The summed E-state index contributed by atoms with van der Waals surface area (Å²) in [6.07, 6.45) is -1.01. The number of hydrogen-bond acceptors (Lipinski definition) is 1. The van der Waals surface area contributed by atoms with Crippen molar-refractivity contribution >= 4 is 0 Å². The molecule has 4 heteroatoms. The molecule has 2 unspecified atom stereocenters. The molecule has 17 heavy (non-hydrogen) atoms. The predicted molar refractivity (Wildman–Crippen MR) is 60.6 cm³/mol. The molecule has 1 aliphatic rings. The number of alkyl halides is 3. The molecule has 0 heterocycles. The first kappa shape index (κ1) is 12.4. The number of benzene rings is 1. The molecule has 0 aromatic heterocycles. The van der Waals surface area contributed by atoms with Crippen LogP contribution in [0.2, 0.25) is 0 Å². The monoisotopic (exact) mass is 243 g/mol. The topological polar surface area (TPSA) is 26.0 Å². The van der Waals surface area contributed by atoms with E-state index < -0.39 is 11.7 Å². The van der Waals surface area contributed by atoms with Gasteiger partial charge < -0.3 is 5.73 Å². The number of nitrogens with two attached hydrogens (primary N) is 1. The second kappa shape index (κ2) is 4.69. The van der Waals surface area contributed by atoms with Gasteiger partial charge in [0, 0.05) is 0 Å². The van der Waals surface area contributed by atoms with Crippen molar-refractivity contribution in [1.82, 2.24) is 0 Å². The molecule has 1 aromatic rings. The molecule has 1 fully saturated rings. The lowest BCUT2D eigenvalue weighted by Crippen LogP contribution is -2.17. The van der Waals surface area contributed by atoms with Crippen molar-refractivity contribution < 1.29 is 13.2 Å². The fourth-order valence-corrected chi connectivity index (χ4v) is 2.68. The summed E-state index contributed by atoms with van der Waals surface area (Å²) in [5, 5.41) is 0. The van der Waals surface area contributed by atoms with Gasteiger partial charge in [0.15, 0.2) is 0 Å². The van der Waals surface area contributed by atoms with Gasteiger partial charge in [0.2, 0.25) is 0 Å². The van der Waals surface area contributed by atoms with Crippen LogP contribution in [0.15, 0.2) is 24.3 Å². The first-order valence-electron chi connectivity index (χ1n) is 5.89. The van der Waals surface area contributed by atoms with E-state index in [2.05, 4.69) is 0 Å². The quantitative estimate of drug-likeness (QED) is 0.844. The van der Waals surface area contributed by atoms with Crippen molar-refractivity contribution in [3.8, 4) is 0 Å². The van der Waals surface area contributed by atoms with Crippen LogP contribution < -0.4 is 5.73 Å². The molecule has 1 aliphatic carbocycles. The zero-order valence-corrected chi connectivity index (χ0v) is 9.50. The minimum absolute atomic E-state index is 0.335. The van der Waals surface area contributed by atoms with Crippen molar-refractivity contribution in [3.63, 3.8) is 0 Å². The maximum absolute atomic E-state index is 12.4. The molecule has 1 nitrogen and oxygen atoms in total. The summed E-state index contributed by atoms with van der Waals surface area (Å²) < 4.78 is 37.3. The summed E-state index contributed by atoms with van der Waals surface area (Å²) in [7, 11) is 0. The Morgan fingerprint density at radius 3 is 2.29 bits per heavy atom. The summed E-state index contributed by atoms with van der Waals surface area (Å²) in [5.74, 6) is 0.758. The third-order valence-electron chi connectivity index (χ3n) is 3.63. The van der Waals surface area contributed by atoms with E-state index in [1.54, 1.807) is 12.1 Å². The summed E-state index contributed by atoms with van der Waals surface area (Å²) in [6.45, 7) is 0.617. The Morgan fingerprint density at radius 1 is 1.12 bits per heavy atom. The first-order chi connectivity index (χ1) is 8.02. The number of hydrogen-bond donors (Lipinski definition) is 1. The van der Waals surface area contributed by atoms with Crippen molar-refractivity contribution in [1.29, 1.82) is 0 Å². The summed E-state index contributed by atoms with van der Waals surface area (Å²) >= 11 is 0. The average molecular weight is 243 g/mol. The molecule has 2 N–H and O–H groups in total. The van der Waals surface area contributed by atoms with Gasteiger partial charge in [0.05, 0.1) is 5.56 Å². The third-order valence-corrected chi connectivity index (χ3v) is 3.63. The SMILES string of the molecule is NCC1CCCC1c1ccc(C(F)(F)F)cc1. The van der Waals surface area contributed by atoms with Crippen LogP contribution in [0.3, 0.4) is 0 Å². The van der Waals surface area contributed by atoms with Gasteiger partial charge >= 0.3 is 6.18 Å². The smallest absolute Gasteiger partial charge is 0.330 e. The number of halogens is 3. The second-order valence-electron chi connectivity index (χ2n) is 4.65. The normalized spacial score (nSPS) is 25.2. The molecule has 1 aromatic carbocycles. The minimum atomic E-state index is -4.25. The molecule has 0 saturated heterocycles. The Hall–Kier alpha value is -1.03. The minimum Gasteiger partial charge on any atom is -0.330 e. The average Bonchev–Trinajstić information content (AvgIpc) is 2.76. The van der Waals surface area contributed by atoms with Gasteiger partial charge in [-0.25, -0.2) is 0 Å². The van der Waals surface area contributed by atoms with Crippen molar-refractivity contribution in [2.45, 2.75) is 31.4 Å². The highest BCUT2D eigenvalue weighted by Gasteiger charge is 2.31. The van der Waals surface area contributed by atoms with Gasteiger partial charge in [-0.05, 0) is 48.9 Å². The molecule has 0 bridgehead atoms. The zero-order valence-electron chi connectivity index (χ0n) is 9.50. The van der Waals surface area contributed by atoms with Crippen LogP contribution >= 0.6 is 0 Å². The van der Waals surface area contributed by atoms with Crippen molar-refractivity contribution in [2.75, 3.05) is 6.54 Å². The molecular formula is C13H16F3N. The van der Waals surface area contributed by atoms with Crippen LogP contribution in [0.1, 0.15) is 36.3 Å². The van der Waals surface area contributed by atoms with Gasteiger partial charge in [0.1, 0.15) is 0 Å². The van der Waals surface area contributed by atoms with E-state index in [0.29, 0.717) is 18.4 Å². The molecule has 0 spiro atoms. The Balaban J connectivity index is 2.18. The second-order valence-corrected chi connectivity index (χ2v) is 4.65. The lowest BCUT2D eigenvalue weighted by atomic mass is 9.88. The molecule has 0 amide bonds. The molecule has 1 saturated carbocycles. The van der Waals surface area contributed by atoms with E-state index in [9.17, 15) is 13.2 Å². The van der Waals surface area contributed by atoms with Crippen LogP contribution in [0, 0.1) is 5.92 Å². The molecule has 0 radical (unpaired) electrons. The highest BCUT2D eigenvalue weighted by atomic mass is 19.4. The van der Waals surface area contributed by atoms with Gasteiger partial charge in [-0.1, -0.05) is 18.6 Å². The molecule has 2 rings (SSSR count). The highest BCUT2D eigenvalue weighted by Crippen LogP contribution is 2.39. The van der Waals surface area contributed by atoms with Gasteiger partial charge in [-0.2, -0.15) is 13.2 Å². The summed E-state index contributed by atoms with van der Waals surface area (Å²) in [4.78, 5) is 0. The highest BCUT2D eigenvalue weighted by molar-refractivity contribution is 5.28. The molecule has 0 aliphatic heterocycles. The fraction of sp³-hybridized carbons (Fsp3) is 0.538. The molecule has 2 atom stereocenters. The van der Waals surface area contributed by atoms with E-state index in [-0.39, 0.29) is 0 Å². The van der Waals surface area contributed by atoms with E-state index in [4.69, 9.17) is 5.73 Å². The maximum Gasteiger partial charge on any atom is 0.416 e. The van der Waals surface area contributed by atoms with E-state index >= 15 is 0 Å². The van der Waals surface area contributed by atoms with E-state index in [1.165, 1.54) is 12.1 Å². The lowest BCUT2D eigenvalue weighted by Gasteiger charge is -2.18. The number of rotatable bonds is 2. The fourth-order valence-electron chi connectivity index (χ4n) is 2.68. The third kappa shape index (κ3) is 2.63. The Kier molecular flexibility index (Phi) is 3.43. The Bertz CT molecular complexity index is 369. The molecule has 94 valence electrons. The van der Waals surface area contributed by atoms with Gasteiger partial charge in [-0.3, -0.25) is 0 Å². The van der Waals surface area contributed by atoms with Crippen LogP contribution in [0.5, 0.6) is 0 Å². The Labute approximate surface area is 98.8 Å². The lowest BCUT2D eigenvalue weighted by molar-refractivity contribution is -0.137. The van der Waals surface area contributed by atoms with Gasteiger partial charge in [-0.15, -0.1) is 0 Å². The van der Waals surface area contributed by atoms with Crippen LogP contribution in [-0.2, 0) is 6.18 Å². The summed E-state index contributed by atoms with van der Waals surface area (Å²) in [5.41, 5.74) is 6.09. The van der Waals surface area contributed by atoms with E-state index in [0.717, 1.165) is 24.8 Å². The summed E-state index contributed by atoms with van der Waals surface area (Å²) in [6, 6.07) is 5.53. The van der Waals surface area contributed by atoms with Crippen LogP contribution in [0.25, 0.3) is 0 Å². The standard InChI is InChI=1S/C13H16F3N/c14-13(15,16)11-6-4-9(5-7-11)12-3-1-2-10(12)8-17/h4-7,10,12H,1-3,8,17H2. The largest absolute Gasteiger partial charge is 0.416 e. The predicted octanol–water partition coefficient (Wildman–Crippen LogP) is 3.55. The van der Waals surface area contributed by atoms with Crippen LogP contribution in [-0.4, -0.2) is 6.54 Å². The molecular weight excluding hydrogens is 227 g/mol. The van der Waals surface area contributed by atoms with Crippen LogP contribution in [0.4, 0.5) is 13.2 Å². The van der Waals surface area contributed by atoms with Crippen molar-refractivity contribution in [2.24, 2.45) is 11.7 Å². The Morgan fingerprint density at radius 2 is 1.76 bits per heavy atom. The van der Waals surface area contributed by atoms with Gasteiger partial charge in [0.25, 0.3) is 0 Å². The van der Waals surface area contributed by atoms with E-state index in [1.807, 2.05) is 0 Å². The van der Waals surface area contributed by atoms with Crippen molar-refractivity contribution in [3.05, 3.63) is 35.4 Å². The first-order valence-corrected chi connectivity index (χ1v) is 5.89. The maximum atomic E-state index is 12.4.